The normalized spacial score (nSPS) is 10.7. The van der Waals surface area contributed by atoms with Gasteiger partial charge in [0, 0.05) is 30.5 Å². The Morgan fingerprint density at radius 2 is 2.16 bits per heavy atom. The van der Waals surface area contributed by atoms with E-state index in [4.69, 9.17) is 4.74 Å². The molecule has 2 rings (SSSR count). The van der Waals surface area contributed by atoms with Crippen LogP contribution in [0, 0.1) is 6.92 Å². The van der Waals surface area contributed by atoms with Gasteiger partial charge in [-0.25, -0.2) is 4.98 Å². The van der Waals surface area contributed by atoms with Gasteiger partial charge in [-0.1, -0.05) is 13.8 Å². The molecule has 2 heterocycles. The molecule has 1 N–H and O–H groups in total. The molecule has 0 saturated heterocycles. The van der Waals surface area contributed by atoms with Gasteiger partial charge in [-0.3, -0.25) is 4.98 Å². The van der Waals surface area contributed by atoms with Crippen molar-refractivity contribution >= 4 is 0 Å². The average Bonchev–Trinajstić information content (AvgIpc) is 2.40. The van der Waals surface area contributed by atoms with Gasteiger partial charge in [0.05, 0.1) is 6.20 Å². The van der Waals surface area contributed by atoms with E-state index in [1.807, 2.05) is 25.3 Å². The molecule has 4 heteroatoms. The standard InChI is InChI=1S/C15H19N3O/c1-11(2)17-8-13-7-12(3)15(18-9-13)19-14-5-4-6-16-10-14/h4-7,9-11,17H,8H2,1-3H3. The predicted octanol–water partition coefficient (Wildman–Crippen LogP) is 3.08. The maximum atomic E-state index is 5.70. The SMILES string of the molecule is Cc1cc(CNC(C)C)cnc1Oc1cccnc1. The maximum absolute atomic E-state index is 5.70. The highest BCUT2D eigenvalue weighted by atomic mass is 16.5. The third-order valence-electron chi connectivity index (χ3n) is 2.65. The van der Waals surface area contributed by atoms with Gasteiger partial charge in [-0.2, -0.15) is 0 Å². The van der Waals surface area contributed by atoms with Crippen molar-refractivity contribution in [3.63, 3.8) is 0 Å². The second-order valence-electron chi connectivity index (χ2n) is 4.79. The summed E-state index contributed by atoms with van der Waals surface area (Å²) in [7, 11) is 0. The molecule has 0 radical (unpaired) electrons. The van der Waals surface area contributed by atoms with Crippen LogP contribution in [-0.2, 0) is 6.54 Å². The minimum Gasteiger partial charge on any atom is -0.437 e. The van der Waals surface area contributed by atoms with Crippen LogP contribution in [0.2, 0.25) is 0 Å². The highest BCUT2D eigenvalue weighted by Gasteiger charge is 2.05. The number of nitrogens with one attached hydrogen (secondary N) is 1. The molecule has 0 atom stereocenters. The first-order valence-corrected chi connectivity index (χ1v) is 6.42. The highest BCUT2D eigenvalue weighted by Crippen LogP contribution is 2.22. The van der Waals surface area contributed by atoms with E-state index in [1.54, 1.807) is 12.4 Å². The topological polar surface area (TPSA) is 47.0 Å². The third-order valence-corrected chi connectivity index (χ3v) is 2.65. The lowest BCUT2D eigenvalue weighted by Gasteiger charge is -2.11. The first kappa shape index (κ1) is 13.5. The fourth-order valence-corrected chi connectivity index (χ4v) is 1.67. The van der Waals surface area contributed by atoms with Crippen LogP contribution in [0.4, 0.5) is 0 Å². The van der Waals surface area contributed by atoms with E-state index in [-0.39, 0.29) is 0 Å². The van der Waals surface area contributed by atoms with Crippen LogP contribution in [0.15, 0.2) is 36.8 Å². The summed E-state index contributed by atoms with van der Waals surface area (Å²) in [6.45, 7) is 7.07. The Kier molecular flexibility index (Phi) is 4.47. The molecule has 0 unspecified atom stereocenters. The Balaban J connectivity index is 2.07. The highest BCUT2D eigenvalue weighted by molar-refractivity contribution is 5.32. The summed E-state index contributed by atoms with van der Waals surface area (Å²) in [6, 6.07) is 6.26. The molecule has 4 nitrogen and oxygen atoms in total. The van der Waals surface area contributed by atoms with Gasteiger partial charge in [0.15, 0.2) is 0 Å². The zero-order chi connectivity index (χ0) is 13.7. The minimum atomic E-state index is 0.464. The van der Waals surface area contributed by atoms with Crippen molar-refractivity contribution in [1.82, 2.24) is 15.3 Å². The zero-order valence-electron chi connectivity index (χ0n) is 11.6. The van der Waals surface area contributed by atoms with Crippen molar-refractivity contribution in [2.75, 3.05) is 0 Å². The molecule has 0 aromatic carbocycles. The van der Waals surface area contributed by atoms with E-state index < -0.39 is 0 Å². The average molecular weight is 257 g/mol. The van der Waals surface area contributed by atoms with E-state index in [1.165, 1.54) is 0 Å². The fraction of sp³-hybridized carbons (Fsp3) is 0.333. The lowest BCUT2D eigenvalue weighted by molar-refractivity contribution is 0.456. The third kappa shape index (κ3) is 4.03. The van der Waals surface area contributed by atoms with Crippen molar-refractivity contribution in [2.45, 2.75) is 33.4 Å². The van der Waals surface area contributed by atoms with Gasteiger partial charge in [-0.15, -0.1) is 0 Å². The number of aromatic nitrogens is 2. The van der Waals surface area contributed by atoms with Crippen LogP contribution >= 0.6 is 0 Å². The molecule has 0 spiro atoms. The summed E-state index contributed by atoms with van der Waals surface area (Å²) in [6.07, 6.45) is 5.23. The summed E-state index contributed by atoms with van der Waals surface area (Å²) in [5, 5.41) is 3.37. The van der Waals surface area contributed by atoms with E-state index in [0.29, 0.717) is 17.7 Å². The monoisotopic (exact) mass is 257 g/mol. The zero-order valence-corrected chi connectivity index (χ0v) is 11.6. The lowest BCUT2D eigenvalue weighted by Crippen LogP contribution is -2.21. The van der Waals surface area contributed by atoms with Gasteiger partial charge >= 0.3 is 0 Å². The van der Waals surface area contributed by atoms with Gasteiger partial charge in [0.2, 0.25) is 5.88 Å². The fourth-order valence-electron chi connectivity index (χ4n) is 1.67. The largest absolute Gasteiger partial charge is 0.437 e. The Bertz CT molecular complexity index is 526. The van der Waals surface area contributed by atoms with E-state index in [9.17, 15) is 0 Å². The van der Waals surface area contributed by atoms with Crippen molar-refractivity contribution in [3.8, 4) is 11.6 Å². The summed E-state index contributed by atoms with van der Waals surface area (Å²) in [4.78, 5) is 8.38. The molecule has 0 aliphatic heterocycles. The van der Waals surface area contributed by atoms with Crippen molar-refractivity contribution in [1.29, 1.82) is 0 Å². The first-order chi connectivity index (χ1) is 9.15. The molecule has 0 aliphatic carbocycles. The van der Waals surface area contributed by atoms with Crippen LogP contribution in [0.25, 0.3) is 0 Å². The molecular weight excluding hydrogens is 238 g/mol. The second-order valence-corrected chi connectivity index (χ2v) is 4.79. The number of hydrogen-bond donors (Lipinski definition) is 1. The molecule has 0 saturated carbocycles. The predicted molar refractivity (Wildman–Crippen MR) is 75.3 cm³/mol. The minimum absolute atomic E-state index is 0.464. The van der Waals surface area contributed by atoms with Crippen molar-refractivity contribution < 1.29 is 4.74 Å². The van der Waals surface area contributed by atoms with Crippen LogP contribution in [0.1, 0.15) is 25.0 Å². The van der Waals surface area contributed by atoms with E-state index >= 15 is 0 Å². The molecule has 0 fully saturated rings. The summed E-state index contributed by atoms with van der Waals surface area (Å²) in [5.41, 5.74) is 2.18. The number of nitrogens with zero attached hydrogens (tertiary/aromatic N) is 2. The van der Waals surface area contributed by atoms with E-state index in [0.717, 1.165) is 17.7 Å². The number of rotatable bonds is 5. The number of aryl methyl sites for hydroxylation is 1. The summed E-state index contributed by atoms with van der Waals surface area (Å²) >= 11 is 0. The van der Waals surface area contributed by atoms with Crippen molar-refractivity contribution in [2.24, 2.45) is 0 Å². The number of pyridine rings is 2. The lowest BCUT2D eigenvalue weighted by atomic mass is 10.2. The van der Waals surface area contributed by atoms with Crippen molar-refractivity contribution in [3.05, 3.63) is 47.9 Å². The molecule has 2 aromatic rings. The molecule has 19 heavy (non-hydrogen) atoms. The Morgan fingerprint density at radius 3 is 2.79 bits per heavy atom. The Labute approximate surface area is 113 Å². The number of hydrogen-bond acceptors (Lipinski definition) is 4. The van der Waals surface area contributed by atoms with Crippen LogP contribution in [0.5, 0.6) is 11.6 Å². The van der Waals surface area contributed by atoms with Crippen LogP contribution < -0.4 is 10.1 Å². The van der Waals surface area contributed by atoms with E-state index in [2.05, 4.69) is 35.2 Å². The molecule has 100 valence electrons. The molecule has 0 bridgehead atoms. The quantitative estimate of drug-likeness (QED) is 0.894. The van der Waals surface area contributed by atoms with Gasteiger partial charge in [0.1, 0.15) is 5.75 Å². The Morgan fingerprint density at radius 1 is 1.32 bits per heavy atom. The summed E-state index contributed by atoms with van der Waals surface area (Å²) in [5.74, 6) is 1.33. The molecule has 2 aromatic heterocycles. The summed E-state index contributed by atoms with van der Waals surface area (Å²) < 4.78 is 5.70. The van der Waals surface area contributed by atoms with Gasteiger partial charge in [0.25, 0.3) is 0 Å². The van der Waals surface area contributed by atoms with Gasteiger partial charge in [-0.05, 0) is 30.7 Å². The molecule has 0 amide bonds. The van der Waals surface area contributed by atoms with Gasteiger partial charge < -0.3 is 10.1 Å². The Hall–Kier alpha value is -1.94. The molecule has 0 aliphatic rings. The first-order valence-electron chi connectivity index (χ1n) is 6.42. The maximum Gasteiger partial charge on any atom is 0.222 e. The van der Waals surface area contributed by atoms with Crippen LogP contribution in [-0.4, -0.2) is 16.0 Å². The molecular formula is C15H19N3O. The second kappa shape index (κ2) is 6.29. The number of ether oxygens (including phenoxy) is 1. The smallest absolute Gasteiger partial charge is 0.222 e. The van der Waals surface area contributed by atoms with Crippen LogP contribution in [0.3, 0.4) is 0 Å².